The molecule has 0 spiro atoms. The normalized spacial score (nSPS) is 16.9. The lowest BCUT2D eigenvalue weighted by Crippen LogP contribution is -2.43. The van der Waals surface area contributed by atoms with Crippen molar-refractivity contribution in [3.05, 3.63) is 35.3 Å². The number of nitrogens with one attached hydrogen (secondary N) is 1. The summed E-state index contributed by atoms with van der Waals surface area (Å²) in [7, 11) is 3.38. The highest BCUT2D eigenvalue weighted by Crippen LogP contribution is 2.30. The number of piperidine rings is 1. The molecule has 3 rings (SSSR count). The summed E-state index contributed by atoms with van der Waals surface area (Å²) in [6.07, 6.45) is 4.13. The van der Waals surface area contributed by atoms with Crippen LogP contribution in [0.25, 0.3) is 0 Å². The van der Waals surface area contributed by atoms with Gasteiger partial charge in [-0.2, -0.15) is 0 Å². The van der Waals surface area contributed by atoms with E-state index in [1.165, 1.54) is 5.56 Å². The molecule has 1 aliphatic rings. The fourth-order valence-corrected chi connectivity index (χ4v) is 3.93. The summed E-state index contributed by atoms with van der Waals surface area (Å²) in [5.41, 5.74) is 1.17. The lowest BCUT2D eigenvalue weighted by Gasteiger charge is -2.34. The maximum atomic E-state index is 5.53. The molecule has 1 fully saturated rings. The van der Waals surface area contributed by atoms with Gasteiger partial charge in [-0.05, 0) is 25.8 Å². The molecular weight excluding hydrogens is 322 g/mol. The molecule has 1 aromatic carbocycles. The Morgan fingerprint density at radius 2 is 2.04 bits per heavy atom. The Morgan fingerprint density at radius 1 is 1.25 bits per heavy atom. The minimum atomic E-state index is 0.238. The SMILES string of the molecule is COc1ccc(C(C)NC2CCN(c3nccs3)CC2)c(OC)c1. The lowest BCUT2D eigenvalue weighted by atomic mass is 10.0. The van der Waals surface area contributed by atoms with E-state index in [-0.39, 0.29) is 6.04 Å². The van der Waals surface area contributed by atoms with E-state index in [1.807, 2.05) is 23.7 Å². The molecule has 1 aromatic heterocycles. The zero-order valence-corrected chi connectivity index (χ0v) is 15.3. The fourth-order valence-electron chi connectivity index (χ4n) is 3.23. The second kappa shape index (κ2) is 7.85. The summed E-state index contributed by atoms with van der Waals surface area (Å²) in [5, 5.41) is 6.93. The van der Waals surface area contributed by atoms with Crippen LogP contribution in [0.3, 0.4) is 0 Å². The molecule has 1 unspecified atom stereocenters. The molecule has 0 amide bonds. The molecule has 2 aromatic rings. The van der Waals surface area contributed by atoms with Crippen molar-refractivity contribution >= 4 is 16.5 Å². The van der Waals surface area contributed by atoms with Gasteiger partial charge in [0.15, 0.2) is 5.13 Å². The summed E-state index contributed by atoms with van der Waals surface area (Å²) >= 11 is 1.72. The Kier molecular flexibility index (Phi) is 5.58. The second-order valence-corrected chi connectivity index (χ2v) is 6.95. The number of rotatable bonds is 6. The van der Waals surface area contributed by atoms with Crippen molar-refractivity contribution in [3.63, 3.8) is 0 Å². The number of benzene rings is 1. The van der Waals surface area contributed by atoms with Crippen LogP contribution in [-0.2, 0) is 0 Å². The minimum Gasteiger partial charge on any atom is -0.497 e. The minimum absolute atomic E-state index is 0.238. The van der Waals surface area contributed by atoms with E-state index in [4.69, 9.17) is 9.47 Å². The number of anilines is 1. The second-order valence-electron chi connectivity index (χ2n) is 6.07. The highest BCUT2D eigenvalue weighted by atomic mass is 32.1. The highest BCUT2D eigenvalue weighted by molar-refractivity contribution is 7.13. The van der Waals surface area contributed by atoms with Gasteiger partial charge in [-0.15, -0.1) is 11.3 Å². The quantitative estimate of drug-likeness (QED) is 0.867. The Bertz CT molecular complexity index is 640. The van der Waals surface area contributed by atoms with E-state index >= 15 is 0 Å². The average Bonchev–Trinajstić information content (AvgIpc) is 3.16. The van der Waals surface area contributed by atoms with Gasteiger partial charge >= 0.3 is 0 Å². The Labute approximate surface area is 147 Å². The van der Waals surface area contributed by atoms with Gasteiger partial charge in [-0.3, -0.25) is 0 Å². The fraction of sp³-hybridized carbons (Fsp3) is 0.500. The van der Waals surface area contributed by atoms with Crippen molar-refractivity contribution in [1.29, 1.82) is 0 Å². The molecule has 130 valence electrons. The van der Waals surface area contributed by atoms with Gasteiger partial charge in [0.2, 0.25) is 0 Å². The predicted molar refractivity (Wildman–Crippen MR) is 98.4 cm³/mol. The molecule has 24 heavy (non-hydrogen) atoms. The molecule has 0 saturated carbocycles. The number of aromatic nitrogens is 1. The third kappa shape index (κ3) is 3.82. The van der Waals surface area contributed by atoms with E-state index in [9.17, 15) is 0 Å². The Balaban J connectivity index is 1.59. The van der Waals surface area contributed by atoms with Crippen LogP contribution in [0.15, 0.2) is 29.8 Å². The third-order valence-corrected chi connectivity index (χ3v) is 5.41. The summed E-state index contributed by atoms with van der Waals surface area (Å²) in [4.78, 5) is 6.78. The first-order chi connectivity index (χ1) is 11.7. The third-order valence-electron chi connectivity index (χ3n) is 4.58. The van der Waals surface area contributed by atoms with Crippen LogP contribution < -0.4 is 19.7 Å². The lowest BCUT2D eigenvalue weighted by molar-refractivity contribution is 0.361. The topological polar surface area (TPSA) is 46.6 Å². The van der Waals surface area contributed by atoms with Crippen molar-refractivity contribution < 1.29 is 9.47 Å². The number of thiazole rings is 1. The molecule has 2 heterocycles. The van der Waals surface area contributed by atoms with E-state index in [1.54, 1.807) is 25.6 Å². The standard InChI is InChI=1S/C18H25N3O2S/c1-13(16-5-4-15(22-2)12-17(16)23-3)20-14-6-9-21(10-7-14)18-19-8-11-24-18/h4-5,8,11-14,20H,6-7,9-10H2,1-3H3. The van der Waals surface area contributed by atoms with Crippen molar-refractivity contribution in [2.45, 2.75) is 31.8 Å². The first-order valence-electron chi connectivity index (χ1n) is 8.33. The van der Waals surface area contributed by atoms with Gasteiger partial charge in [0.05, 0.1) is 14.2 Å². The van der Waals surface area contributed by atoms with Gasteiger partial charge in [0.25, 0.3) is 0 Å². The van der Waals surface area contributed by atoms with Crippen LogP contribution in [0.1, 0.15) is 31.4 Å². The number of ether oxygens (including phenoxy) is 2. The molecule has 1 saturated heterocycles. The maximum absolute atomic E-state index is 5.53. The van der Waals surface area contributed by atoms with E-state index in [0.717, 1.165) is 42.6 Å². The van der Waals surface area contributed by atoms with Crippen LogP contribution in [-0.4, -0.2) is 38.3 Å². The van der Waals surface area contributed by atoms with Gasteiger partial charge in [0, 0.05) is 48.4 Å². The smallest absolute Gasteiger partial charge is 0.185 e. The van der Waals surface area contributed by atoms with Gasteiger partial charge < -0.3 is 19.7 Å². The summed E-state index contributed by atoms with van der Waals surface area (Å²) in [6.45, 7) is 4.30. The molecule has 0 radical (unpaired) electrons. The Hall–Kier alpha value is -1.79. The molecule has 6 heteroatoms. The van der Waals surface area contributed by atoms with E-state index in [0.29, 0.717) is 6.04 Å². The zero-order chi connectivity index (χ0) is 16.9. The van der Waals surface area contributed by atoms with Gasteiger partial charge in [-0.25, -0.2) is 4.98 Å². The van der Waals surface area contributed by atoms with Gasteiger partial charge in [0.1, 0.15) is 11.5 Å². The largest absolute Gasteiger partial charge is 0.497 e. The van der Waals surface area contributed by atoms with E-state index in [2.05, 4.69) is 28.2 Å². The van der Waals surface area contributed by atoms with Crippen molar-refractivity contribution in [2.75, 3.05) is 32.2 Å². The van der Waals surface area contributed by atoms with Crippen molar-refractivity contribution in [3.8, 4) is 11.5 Å². The first-order valence-corrected chi connectivity index (χ1v) is 9.21. The molecular formula is C18H25N3O2S. The summed E-state index contributed by atoms with van der Waals surface area (Å²) in [5.74, 6) is 1.69. The van der Waals surface area contributed by atoms with E-state index < -0.39 is 0 Å². The van der Waals surface area contributed by atoms with Crippen LogP contribution in [0.4, 0.5) is 5.13 Å². The number of methoxy groups -OCH3 is 2. The molecule has 1 aliphatic heterocycles. The molecule has 1 atom stereocenters. The molecule has 5 nitrogen and oxygen atoms in total. The van der Waals surface area contributed by atoms with Crippen LogP contribution in [0.2, 0.25) is 0 Å². The van der Waals surface area contributed by atoms with Gasteiger partial charge in [-0.1, -0.05) is 6.07 Å². The van der Waals surface area contributed by atoms with Crippen LogP contribution in [0.5, 0.6) is 11.5 Å². The summed E-state index contributed by atoms with van der Waals surface area (Å²) in [6, 6.07) is 6.77. The summed E-state index contributed by atoms with van der Waals surface area (Å²) < 4.78 is 10.8. The maximum Gasteiger partial charge on any atom is 0.185 e. The first kappa shape index (κ1) is 17.0. The average molecular weight is 347 g/mol. The Morgan fingerprint density at radius 3 is 2.67 bits per heavy atom. The van der Waals surface area contributed by atoms with Crippen molar-refractivity contribution in [1.82, 2.24) is 10.3 Å². The highest BCUT2D eigenvalue weighted by Gasteiger charge is 2.23. The molecule has 0 aliphatic carbocycles. The van der Waals surface area contributed by atoms with Crippen LogP contribution in [0, 0.1) is 0 Å². The zero-order valence-electron chi connectivity index (χ0n) is 14.5. The number of hydrogen-bond acceptors (Lipinski definition) is 6. The van der Waals surface area contributed by atoms with Crippen LogP contribution >= 0.6 is 11.3 Å². The van der Waals surface area contributed by atoms with Crippen molar-refractivity contribution in [2.24, 2.45) is 0 Å². The molecule has 1 N–H and O–H groups in total. The monoisotopic (exact) mass is 347 g/mol. The predicted octanol–water partition coefficient (Wildman–Crippen LogP) is 3.48. The number of nitrogens with zero attached hydrogens (tertiary/aromatic N) is 2. The molecule has 0 bridgehead atoms. The number of hydrogen-bond donors (Lipinski definition) is 1.